The number of piperidine rings is 1. The van der Waals surface area contributed by atoms with Crippen LogP contribution in [0.3, 0.4) is 0 Å². The molecule has 0 radical (unpaired) electrons. The number of halogens is 1. The van der Waals surface area contributed by atoms with E-state index in [4.69, 9.17) is 27.6 Å². The van der Waals surface area contributed by atoms with Crippen LogP contribution in [0.25, 0.3) is 4.85 Å². The topological polar surface area (TPSA) is 60.6 Å². The molecule has 0 amide bonds. The summed E-state index contributed by atoms with van der Waals surface area (Å²) in [4.78, 5) is 12.2. The monoisotopic (exact) mass is 384 g/mol. The highest BCUT2D eigenvalue weighted by Gasteiger charge is 2.33. The number of hydrogen-bond donors (Lipinski definition) is 1. The second-order valence-corrected chi connectivity index (χ2v) is 7.53. The molecule has 4 rings (SSSR count). The van der Waals surface area contributed by atoms with Crippen molar-refractivity contribution in [2.75, 3.05) is 13.2 Å². The second kappa shape index (κ2) is 7.81. The lowest BCUT2D eigenvalue weighted by molar-refractivity contribution is -0.0134. The van der Waals surface area contributed by atoms with E-state index in [-0.39, 0.29) is 6.10 Å². The van der Waals surface area contributed by atoms with Crippen LogP contribution in [0.2, 0.25) is 5.02 Å². The Morgan fingerprint density at radius 1 is 1.30 bits per heavy atom. The van der Waals surface area contributed by atoms with Gasteiger partial charge in [-0.05, 0) is 18.6 Å². The van der Waals surface area contributed by atoms with Crippen molar-refractivity contribution in [1.82, 2.24) is 15.3 Å². The second-order valence-electron chi connectivity index (χ2n) is 7.12. The van der Waals surface area contributed by atoms with Crippen LogP contribution in [0.15, 0.2) is 24.5 Å². The van der Waals surface area contributed by atoms with Crippen molar-refractivity contribution in [2.24, 2.45) is 0 Å². The number of rotatable bonds is 4. The van der Waals surface area contributed by atoms with Crippen molar-refractivity contribution >= 4 is 17.3 Å². The first-order chi connectivity index (χ1) is 13.1. The number of nitrogens with zero attached hydrogens (tertiary/aromatic N) is 3. The van der Waals surface area contributed by atoms with Crippen molar-refractivity contribution in [3.05, 3.63) is 57.8 Å². The van der Waals surface area contributed by atoms with Gasteiger partial charge in [0.2, 0.25) is 5.88 Å². The summed E-state index contributed by atoms with van der Waals surface area (Å²) in [5.41, 5.74) is 3.29. The molecule has 140 valence electrons. The van der Waals surface area contributed by atoms with E-state index in [0.29, 0.717) is 35.1 Å². The largest absolute Gasteiger partial charge is 0.474 e. The van der Waals surface area contributed by atoms with Gasteiger partial charge in [0.05, 0.1) is 25.5 Å². The lowest BCUT2D eigenvalue weighted by Gasteiger charge is -2.39. The number of benzene rings is 1. The molecule has 2 aliphatic heterocycles. The molecule has 1 aromatic carbocycles. The molecule has 2 aromatic rings. The van der Waals surface area contributed by atoms with Crippen LogP contribution >= 0.6 is 11.6 Å². The zero-order valence-electron chi connectivity index (χ0n) is 15.1. The van der Waals surface area contributed by atoms with Gasteiger partial charge in [-0.3, -0.25) is 0 Å². The van der Waals surface area contributed by atoms with Crippen molar-refractivity contribution in [3.8, 4) is 5.88 Å². The van der Waals surface area contributed by atoms with Crippen molar-refractivity contribution in [1.29, 1.82) is 0 Å². The average molecular weight is 385 g/mol. The number of morpholine rings is 1. The molecular formula is C20H21ClN4O2. The normalized spacial score (nSPS) is 24.3. The SMILES string of the molecule is [C-]#[N+]c1ccc(Cc2ncnc(OC3CC4COCC(C3)N4)c2C)c(Cl)c1. The molecule has 2 saturated heterocycles. The molecule has 0 saturated carbocycles. The number of fused-ring (bicyclic) bond motifs is 2. The lowest BCUT2D eigenvalue weighted by atomic mass is 9.94. The molecule has 0 aliphatic carbocycles. The van der Waals surface area contributed by atoms with Gasteiger partial charge in [-0.25, -0.2) is 14.8 Å². The molecule has 6 nitrogen and oxygen atoms in total. The molecule has 27 heavy (non-hydrogen) atoms. The smallest absolute Gasteiger partial charge is 0.219 e. The summed E-state index contributed by atoms with van der Waals surface area (Å²) in [7, 11) is 0. The molecular weight excluding hydrogens is 364 g/mol. The number of nitrogens with one attached hydrogen (secondary N) is 1. The fraction of sp³-hybridized carbons (Fsp3) is 0.450. The van der Waals surface area contributed by atoms with E-state index in [1.807, 2.05) is 13.0 Å². The van der Waals surface area contributed by atoms with E-state index in [0.717, 1.165) is 42.9 Å². The summed E-state index contributed by atoms with van der Waals surface area (Å²) in [6, 6.07) is 6.05. The first-order valence-corrected chi connectivity index (χ1v) is 9.47. The summed E-state index contributed by atoms with van der Waals surface area (Å²) in [6.45, 7) is 10.5. The third-order valence-corrected chi connectivity index (χ3v) is 5.50. The van der Waals surface area contributed by atoms with Crippen LogP contribution in [0, 0.1) is 13.5 Å². The molecule has 1 N–H and O–H groups in total. The van der Waals surface area contributed by atoms with Gasteiger partial charge < -0.3 is 14.8 Å². The molecule has 7 heteroatoms. The minimum atomic E-state index is 0.133. The summed E-state index contributed by atoms with van der Waals surface area (Å²) < 4.78 is 11.8. The van der Waals surface area contributed by atoms with E-state index in [2.05, 4.69) is 20.1 Å². The van der Waals surface area contributed by atoms with Gasteiger partial charge in [0.1, 0.15) is 12.4 Å². The van der Waals surface area contributed by atoms with Gasteiger partial charge in [-0.15, -0.1) is 0 Å². The number of ether oxygens (including phenoxy) is 2. The summed E-state index contributed by atoms with van der Waals surface area (Å²) in [5.74, 6) is 0.639. The molecule has 0 spiro atoms. The van der Waals surface area contributed by atoms with Gasteiger partial charge >= 0.3 is 0 Å². The molecule has 1 aromatic heterocycles. The zero-order valence-corrected chi connectivity index (χ0v) is 15.9. The number of hydrogen-bond acceptors (Lipinski definition) is 5. The molecule has 2 unspecified atom stereocenters. The van der Waals surface area contributed by atoms with Crippen LogP contribution in [-0.2, 0) is 11.2 Å². The summed E-state index contributed by atoms with van der Waals surface area (Å²) in [5, 5.41) is 4.15. The van der Waals surface area contributed by atoms with Crippen LogP contribution in [-0.4, -0.2) is 41.4 Å². The zero-order chi connectivity index (χ0) is 18.8. The first kappa shape index (κ1) is 18.2. The van der Waals surface area contributed by atoms with Crippen molar-refractivity contribution < 1.29 is 9.47 Å². The highest BCUT2D eigenvalue weighted by molar-refractivity contribution is 6.31. The Hall–Kier alpha value is -2.20. The lowest BCUT2D eigenvalue weighted by Crippen LogP contribution is -2.56. The van der Waals surface area contributed by atoms with Crippen LogP contribution in [0.1, 0.15) is 29.7 Å². The van der Waals surface area contributed by atoms with Gasteiger partial charge in [0, 0.05) is 41.9 Å². The Labute approximate surface area is 163 Å². The maximum absolute atomic E-state index is 7.08. The van der Waals surface area contributed by atoms with Crippen molar-refractivity contribution in [2.45, 2.75) is 44.4 Å². The van der Waals surface area contributed by atoms with Gasteiger partial charge in [-0.2, -0.15) is 0 Å². The third kappa shape index (κ3) is 4.06. The summed E-state index contributed by atoms with van der Waals surface area (Å²) >= 11 is 6.32. The molecule has 2 atom stereocenters. The molecule has 2 fully saturated rings. The minimum absolute atomic E-state index is 0.133. The van der Waals surface area contributed by atoms with E-state index < -0.39 is 0 Å². The standard InChI is InChI=1S/C20H21ClN4O2/c1-12-19(5-13-3-4-14(22-2)8-18(13)21)23-11-24-20(12)27-17-6-15-9-26-10-16(7-17)25-15/h3-4,8,11,15-17,25H,5-7,9-10H2,1H3. The minimum Gasteiger partial charge on any atom is -0.474 e. The Balaban J connectivity index is 1.50. The maximum atomic E-state index is 7.08. The van der Waals surface area contributed by atoms with Crippen molar-refractivity contribution in [3.63, 3.8) is 0 Å². The Kier molecular flexibility index (Phi) is 5.26. The van der Waals surface area contributed by atoms with E-state index in [1.165, 1.54) is 0 Å². The quantitative estimate of drug-likeness (QED) is 0.818. The highest BCUT2D eigenvalue weighted by atomic mass is 35.5. The Bertz CT molecular complexity index is 871. The molecule has 2 bridgehead atoms. The molecule has 2 aliphatic rings. The third-order valence-electron chi connectivity index (χ3n) is 5.15. The summed E-state index contributed by atoms with van der Waals surface area (Å²) in [6.07, 6.45) is 4.09. The Morgan fingerprint density at radius 3 is 2.78 bits per heavy atom. The molecule has 3 heterocycles. The van der Waals surface area contributed by atoms with E-state index in [9.17, 15) is 0 Å². The predicted molar refractivity (Wildman–Crippen MR) is 102 cm³/mol. The first-order valence-electron chi connectivity index (χ1n) is 9.09. The Morgan fingerprint density at radius 2 is 2.07 bits per heavy atom. The average Bonchev–Trinajstić information content (AvgIpc) is 2.66. The predicted octanol–water partition coefficient (Wildman–Crippen LogP) is 3.48. The van der Waals surface area contributed by atoms with Crippen LogP contribution < -0.4 is 10.1 Å². The maximum Gasteiger partial charge on any atom is 0.219 e. The number of aromatic nitrogens is 2. The van der Waals surface area contributed by atoms with E-state index >= 15 is 0 Å². The fourth-order valence-electron chi connectivity index (χ4n) is 3.73. The van der Waals surface area contributed by atoms with Gasteiger partial charge in [-0.1, -0.05) is 23.7 Å². The fourth-order valence-corrected chi connectivity index (χ4v) is 3.98. The van der Waals surface area contributed by atoms with Crippen LogP contribution in [0.4, 0.5) is 5.69 Å². The van der Waals surface area contributed by atoms with Gasteiger partial charge in [0.25, 0.3) is 0 Å². The van der Waals surface area contributed by atoms with Crippen LogP contribution in [0.5, 0.6) is 5.88 Å². The van der Waals surface area contributed by atoms with Gasteiger partial charge in [0.15, 0.2) is 5.69 Å². The van der Waals surface area contributed by atoms with E-state index in [1.54, 1.807) is 18.5 Å². The highest BCUT2D eigenvalue weighted by Crippen LogP contribution is 2.28.